The van der Waals surface area contributed by atoms with Gasteiger partial charge < -0.3 is 4.74 Å². The lowest BCUT2D eigenvalue weighted by atomic mass is 10.0. The maximum atomic E-state index is 11.7. The van der Waals surface area contributed by atoms with Crippen molar-refractivity contribution in [1.82, 2.24) is 9.78 Å². The van der Waals surface area contributed by atoms with Gasteiger partial charge in [0.2, 0.25) is 0 Å². The molecule has 88 valence electrons. The number of hydrogen-bond donors (Lipinski definition) is 0. The topological polar surface area (TPSA) is 44.1 Å². The van der Waals surface area contributed by atoms with Crippen molar-refractivity contribution in [3.8, 4) is 0 Å². The van der Waals surface area contributed by atoms with E-state index in [2.05, 4.69) is 5.10 Å². The molecule has 16 heavy (non-hydrogen) atoms. The first-order chi connectivity index (χ1) is 7.74. The fourth-order valence-electron chi connectivity index (χ4n) is 2.07. The van der Waals surface area contributed by atoms with E-state index in [9.17, 15) is 4.79 Å². The molecular weight excluding hydrogens is 204 g/mol. The van der Waals surface area contributed by atoms with Gasteiger partial charge in [-0.3, -0.25) is 9.48 Å². The van der Waals surface area contributed by atoms with Crippen molar-refractivity contribution >= 4 is 5.78 Å². The second kappa shape index (κ2) is 5.25. The van der Waals surface area contributed by atoms with Gasteiger partial charge in [-0.2, -0.15) is 5.10 Å². The van der Waals surface area contributed by atoms with Gasteiger partial charge in [0.15, 0.2) is 0 Å². The van der Waals surface area contributed by atoms with Gasteiger partial charge in [-0.15, -0.1) is 0 Å². The van der Waals surface area contributed by atoms with Crippen molar-refractivity contribution in [1.29, 1.82) is 0 Å². The van der Waals surface area contributed by atoms with Crippen LogP contribution in [0.2, 0.25) is 0 Å². The van der Waals surface area contributed by atoms with Gasteiger partial charge in [0.1, 0.15) is 5.78 Å². The zero-order chi connectivity index (χ0) is 11.4. The summed E-state index contributed by atoms with van der Waals surface area (Å²) in [7, 11) is 1.86. The predicted molar refractivity (Wildman–Crippen MR) is 60.1 cm³/mol. The molecule has 4 nitrogen and oxygen atoms in total. The Hall–Kier alpha value is -1.16. The van der Waals surface area contributed by atoms with E-state index in [1.54, 1.807) is 10.9 Å². The van der Waals surface area contributed by atoms with Crippen LogP contribution in [0, 0.1) is 0 Å². The van der Waals surface area contributed by atoms with Crippen molar-refractivity contribution in [2.75, 3.05) is 6.61 Å². The van der Waals surface area contributed by atoms with E-state index in [4.69, 9.17) is 4.74 Å². The number of hydrogen-bond acceptors (Lipinski definition) is 3. The fourth-order valence-corrected chi connectivity index (χ4v) is 2.07. The molecule has 1 aliphatic heterocycles. The summed E-state index contributed by atoms with van der Waals surface area (Å²) in [4.78, 5) is 11.7. The van der Waals surface area contributed by atoms with Crippen LogP contribution in [0.3, 0.4) is 0 Å². The van der Waals surface area contributed by atoms with Crippen molar-refractivity contribution in [3.63, 3.8) is 0 Å². The van der Waals surface area contributed by atoms with Crippen LogP contribution in [0.1, 0.15) is 31.2 Å². The second-order valence-corrected chi connectivity index (χ2v) is 4.41. The van der Waals surface area contributed by atoms with Crippen LogP contribution in [-0.4, -0.2) is 28.3 Å². The Morgan fingerprint density at radius 1 is 1.69 bits per heavy atom. The maximum absolute atomic E-state index is 11.7. The summed E-state index contributed by atoms with van der Waals surface area (Å²) >= 11 is 0. The average Bonchev–Trinajstić information content (AvgIpc) is 2.87. The minimum atomic E-state index is 0.281. The zero-order valence-corrected chi connectivity index (χ0v) is 9.69. The van der Waals surface area contributed by atoms with Crippen molar-refractivity contribution in [3.05, 3.63) is 18.0 Å². The van der Waals surface area contributed by atoms with E-state index < -0.39 is 0 Å². The standard InChI is InChI=1S/C12H18N2O2/c1-14-9-10(8-13-14)7-11(15)4-5-12-3-2-6-16-12/h8-9,12H,2-7H2,1H3. The highest BCUT2D eigenvalue weighted by molar-refractivity contribution is 5.80. The van der Waals surface area contributed by atoms with E-state index in [0.717, 1.165) is 31.4 Å². The summed E-state index contributed by atoms with van der Waals surface area (Å²) in [5, 5.41) is 4.05. The Morgan fingerprint density at radius 3 is 3.19 bits per heavy atom. The van der Waals surface area contributed by atoms with Crippen LogP contribution >= 0.6 is 0 Å². The Labute approximate surface area is 95.6 Å². The molecule has 1 aromatic heterocycles. The van der Waals surface area contributed by atoms with Crippen molar-refractivity contribution in [2.45, 2.75) is 38.2 Å². The highest BCUT2D eigenvalue weighted by Gasteiger charge is 2.16. The van der Waals surface area contributed by atoms with Gasteiger partial charge in [-0.05, 0) is 24.8 Å². The van der Waals surface area contributed by atoms with Gasteiger partial charge >= 0.3 is 0 Å². The molecule has 0 saturated carbocycles. The Bertz CT molecular complexity index is 354. The Balaban J connectivity index is 1.71. The van der Waals surface area contributed by atoms with E-state index in [1.807, 2.05) is 13.2 Å². The van der Waals surface area contributed by atoms with Crippen molar-refractivity contribution < 1.29 is 9.53 Å². The number of Topliss-reactive ketones (excluding diaryl/α,β-unsaturated/α-hetero) is 1. The van der Waals surface area contributed by atoms with Crippen LogP contribution in [0.25, 0.3) is 0 Å². The largest absolute Gasteiger partial charge is 0.378 e. The molecule has 4 heteroatoms. The lowest BCUT2D eigenvalue weighted by Crippen LogP contribution is -2.10. The molecule has 0 aliphatic carbocycles. The van der Waals surface area contributed by atoms with Crippen molar-refractivity contribution in [2.24, 2.45) is 7.05 Å². The molecule has 1 atom stereocenters. The molecule has 0 bridgehead atoms. The summed E-state index contributed by atoms with van der Waals surface area (Å²) in [6.07, 6.45) is 8.22. The number of carbonyl (C=O) groups is 1. The normalized spacial score (nSPS) is 20.2. The number of ether oxygens (including phenoxy) is 1. The number of rotatable bonds is 5. The summed E-state index contributed by atoms with van der Waals surface area (Å²) in [5.74, 6) is 0.281. The highest BCUT2D eigenvalue weighted by atomic mass is 16.5. The van der Waals surface area contributed by atoms with Gasteiger partial charge in [-0.1, -0.05) is 0 Å². The molecule has 2 heterocycles. The molecule has 1 fully saturated rings. The van der Waals surface area contributed by atoms with Gasteiger partial charge in [0.25, 0.3) is 0 Å². The number of nitrogens with zero attached hydrogens (tertiary/aromatic N) is 2. The maximum Gasteiger partial charge on any atom is 0.137 e. The highest BCUT2D eigenvalue weighted by Crippen LogP contribution is 2.17. The number of carbonyl (C=O) groups excluding carboxylic acids is 1. The van der Waals surface area contributed by atoms with E-state index in [1.165, 1.54) is 0 Å². The third-order valence-corrected chi connectivity index (χ3v) is 2.93. The molecule has 1 aliphatic rings. The first-order valence-electron chi connectivity index (χ1n) is 5.85. The first kappa shape index (κ1) is 11.3. The Morgan fingerprint density at radius 2 is 2.56 bits per heavy atom. The predicted octanol–water partition coefficient (Wildman–Crippen LogP) is 1.49. The van der Waals surface area contributed by atoms with Gasteiger partial charge in [0.05, 0.1) is 12.3 Å². The molecule has 0 N–H and O–H groups in total. The van der Waals surface area contributed by atoms with Crippen LogP contribution < -0.4 is 0 Å². The SMILES string of the molecule is Cn1cc(CC(=O)CCC2CCCO2)cn1. The van der Waals surface area contributed by atoms with Gasteiger partial charge in [0, 0.05) is 32.7 Å². The summed E-state index contributed by atoms with van der Waals surface area (Å²) in [6, 6.07) is 0. The molecule has 1 aromatic rings. The first-order valence-corrected chi connectivity index (χ1v) is 5.85. The summed E-state index contributed by atoms with van der Waals surface area (Å²) < 4.78 is 7.21. The van der Waals surface area contributed by atoms with Crippen LogP contribution in [-0.2, 0) is 23.0 Å². The second-order valence-electron chi connectivity index (χ2n) is 4.41. The smallest absolute Gasteiger partial charge is 0.137 e. The van der Waals surface area contributed by atoms with Crippen LogP contribution in [0.4, 0.5) is 0 Å². The molecule has 0 spiro atoms. The van der Waals surface area contributed by atoms with Crippen LogP contribution in [0.5, 0.6) is 0 Å². The number of aromatic nitrogens is 2. The monoisotopic (exact) mass is 222 g/mol. The molecule has 2 rings (SSSR count). The van der Waals surface area contributed by atoms with E-state index in [-0.39, 0.29) is 5.78 Å². The van der Waals surface area contributed by atoms with E-state index >= 15 is 0 Å². The third kappa shape index (κ3) is 3.17. The summed E-state index contributed by atoms with van der Waals surface area (Å²) in [6.45, 7) is 0.863. The molecule has 0 amide bonds. The lowest BCUT2D eigenvalue weighted by Gasteiger charge is -2.07. The molecule has 0 radical (unpaired) electrons. The minimum absolute atomic E-state index is 0.281. The molecular formula is C12H18N2O2. The average molecular weight is 222 g/mol. The molecule has 1 saturated heterocycles. The Kier molecular flexibility index (Phi) is 3.72. The zero-order valence-electron chi connectivity index (χ0n) is 9.69. The lowest BCUT2D eigenvalue weighted by molar-refractivity contribution is -0.119. The summed E-state index contributed by atoms with van der Waals surface area (Å²) in [5.41, 5.74) is 1.000. The van der Waals surface area contributed by atoms with E-state index in [0.29, 0.717) is 18.9 Å². The third-order valence-electron chi connectivity index (χ3n) is 2.93. The number of ketones is 1. The van der Waals surface area contributed by atoms with Crippen LogP contribution in [0.15, 0.2) is 12.4 Å². The molecule has 0 aromatic carbocycles. The van der Waals surface area contributed by atoms with Gasteiger partial charge in [-0.25, -0.2) is 0 Å². The minimum Gasteiger partial charge on any atom is -0.378 e. The molecule has 1 unspecified atom stereocenters. The quantitative estimate of drug-likeness (QED) is 0.758. The number of aryl methyl sites for hydroxylation is 1. The fraction of sp³-hybridized carbons (Fsp3) is 0.667.